The van der Waals surface area contributed by atoms with Gasteiger partial charge in [-0.25, -0.2) is 0 Å². The van der Waals surface area contributed by atoms with Gasteiger partial charge in [0.05, 0.1) is 0 Å². The smallest absolute Gasteiger partial charge is 0.151 e. The van der Waals surface area contributed by atoms with Gasteiger partial charge >= 0.3 is 0 Å². The molecule has 5 heteroatoms. The summed E-state index contributed by atoms with van der Waals surface area (Å²) < 4.78 is 0.954. The number of nitrogens with zero attached hydrogens (tertiary/aromatic N) is 3. The van der Waals surface area contributed by atoms with Crippen LogP contribution < -0.4 is 10.2 Å². The Balaban J connectivity index is 1.71. The lowest BCUT2D eigenvalue weighted by molar-refractivity contribution is 0.416. The predicted octanol–water partition coefficient (Wildman–Crippen LogP) is 1.27. The standard InChI is InChI=1S/C11H15IN4/c12-10-3-4-11(15-14-10)16-6-5-13-9(7-16)8-1-2-8/h3-4,8-9,13H,1-2,5-7H2/t9-/m1/s1. The third kappa shape index (κ3) is 2.29. The topological polar surface area (TPSA) is 41.0 Å². The van der Waals surface area contributed by atoms with E-state index in [1.54, 1.807) is 0 Å². The Hall–Kier alpha value is -0.430. The van der Waals surface area contributed by atoms with E-state index in [2.05, 4.69) is 49.1 Å². The van der Waals surface area contributed by atoms with Gasteiger partial charge in [0.25, 0.3) is 0 Å². The number of halogens is 1. The number of rotatable bonds is 2. The maximum absolute atomic E-state index is 4.26. The second-order valence-electron chi connectivity index (χ2n) is 4.56. The normalized spacial score (nSPS) is 25.8. The van der Waals surface area contributed by atoms with Gasteiger partial charge in [-0.1, -0.05) is 0 Å². The highest BCUT2D eigenvalue weighted by Gasteiger charge is 2.34. The number of nitrogens with one attached hydrogen (secondary N) is 1. The molecule has 0 aromatic carbocycles. The van der Waals surface area contributed by atoms with Crippen molar-refractivity contribution in [1.82, 2.24) is 15.5 Å². The van der Waals surface area contributed by atoms with Crippen LogP contribution in [0.4, 0.5) is 5.82 Å². The highest BCUT2D eigenvalue weighted by Crippen LogP contribution is 2.34. The van der Waals surface area contributed by atoms with Crippen molar-refractivity contribution in [3.8, 4) is 0 Å². The zero-order valence-electron chi connectivity index (χ0n) is 9.06. The summed E-state index contributed by atoms with van der Waals surface area (Å²) in [6, 6.07) is 4.76. The number of aromatic nitrogens is 2. The van der Waals surface area contributed by atoms with Crippen LogP contribution in [0.3, 0.4) is 0 Å². The maximum Gasteiger partial charge on any atom is 0.151 e. The lowest BCUT2D eigenvalue weighted by Gasteiger charge is -2.34. The van der Waals surface area contributed by atoms with Crippen molar-refractivity contribution in [2.24, 2.45) is 5.92 Å². The van der Waals surface area contributed by atoms with Crippen LogP contribution in [-0.4, -0.2) is 35.9 Å². The summed E-state index contributed by atoms with van der Waals surface area (Å²) in [4.78, 5) is 2.35. The first-order valence-electron chi connectivity index (χ1n) is 5.80. The number of hydrogen-bond donors (Lipinski definition) is 1. The summed E-state index contributed by atoms with van der Waals surface area (Å²) in [5.41, 5.74) is 0. The Morgan fingerprint density at radius 3 is 2.88 bits per heavy atom. The van der Waals surface area contributed by atoms with Gasteiger partial charge in [0, 0.05) is 25.7 Å². The lowest BCUT2D eigenvalue weighted by Crippen LogP contribution is -2.52. The quantitative estimate of drug-likeness (QED) is 0.830. The maximum atomic E-state index is 4.26. The largest absolute Gasteiger partial charge is 0.352 e. The fourth-order valence-corrected chi connectivity index (χ4v) is 2.57. The molecule has 1 saturated heterocycles. The second kappa shape index (κ2) is 4.44. The van der Waals surface area contributed by atoms with E-state index in [9.17, 15) is 0 Å². The molecule has 4 nitrogen and oxygen atoms in total. The van der Waals surface area contributed by atoms with Crippen molar-refractivity contribution in [3.05, 3.63) is 15.8 Å². The van der Waals surface area contributed by atoms with E-state index >= 15 is 0 Å². The molecule has 1 N–H and O–H groups in total. The van der Waals surface area contributed by atoms with Crippen molar-refractivity contribution in [2.45, 2.75) is 18.9 Å². The lowest BCUT2D eigenvalue weighted by atomic mass is 10.1. The van der Waals surface area contributed by atoms with Gasteiger partial charge in [0.1, 0.15) is 3.70 Å². The van der Waals surface area contributed by atoms with Crippen LogP contribution in [0.1, 0.15) is 12.8 Å². The number of hydrogen-bond acceptors (Lipinski definition) is 4. The molecule has 1 aliphatic heterocycles. The molecule has 2 heterocycles. The first-order chi connectivity index (χ1) is 7.83. The van der Waals surface area contributed by atoms with Gasteiger partial charge in [-0.3, -0.25) is 0 Å². The van der Waals surface area contributed by atoms with Crippen molar-refractivity contribution in [3.63, 3.8) is 0 Å². The zero-order chi connectivity index (χ0) is 11.0. The van der Waals surface area contributed by atoms with E-state index in [0.717, 1.165) is 35.1 Å². The van der Waals surface area contributed by atoms with Gasteiger partial charge in [0.2, 0.25) is 0 Å². The van der Waals surface area contributed by atoms with E-state index in [4.69, 9.17) is 0 Å². The second-order valence-corrected chi connectivity index (χ2v) is 5.66. The summed E-state index contributed by atoms with van der Waals surface area (Å²) in [6.07, 6.45) is 2.79. The molecule has 2 aliphatic rings. The Morgan fingerprint density at radius 1 is 1.31 bits per heavy atom. The SMILES string of the molecule is Ic1ccc(N2CCN[C@@H](C3CC3)C2)nn1. The molecule has 16 heavy (non-hydrogen) atoms. The van der Waals surface area contributed by atoms with Crippen LogP contribution in [0, 0.1) is 9.62 Å². The van der Waals surface area contributed by atoms with E-state index in [-0.39, 0.29) is 0 Å². The monoisotopic (exact) mass is 330 g/mol. The van der Waals surface area contributed by atoms with Gasteiger partial charge < -0.3 is 10.2 Å². The van der Waals surface area contributed by atoms with E-state index in [1.165, 1.54) is 12.8 Å². The first-order valence-corrected chi connectivity index (χ1v) is 6.88. The molecule has 1 aromatic rings. The van der Waals surface area contributed by atoms with Crippen molar-refractivity contribution in [1.29, 1.82) is 0 Å². The highest BCUT2D eigenvalue weighted by molar-refractivity contribution is 14.1. The molecule has 0 bridgehead atoms. The van der Waals surface area contributed by atoms with Crippen LogP contribution in [0.25, 0.3) is 0 Å². The average molecular weight is 330 g/mol. The minimum atomic E-state index is 0.662. The highest BCUT2D eigenvalue weighted by atomic mass is 127. The molecule has 0 amide bonds. The van der Waals surface area contributed by atoms with Gasteiger partial charge in [-0.2, -0.15) is 0 Å². The molecule has 0 spiro atoms. The predicted molar refractivity (Wildman–Crippen MR) is 71.5 cm³/mol. The zero-order valence-corrected chi connectivity index (χ0v) is 11.2. The molecular formula is C11H15IN4. The van der Waals surface area contributed by atoms with Crippen LogP contribution in [0.5, 0.6) is 0 Å². The molecule has 1 atom stereocenters. The molecule has 2 fully saturated rings. The van der Waals surface area contributed by atoms with E-state index in [0.29, 0.717) is 6.04 Å². The van der Waals surface area contributed by atoms with Crippen molar-refractivity contribution >= 4 is 28.4 Å². The van der Waals surface area contributed by atoms with E-state index < -0.39 is 0 Å². The molecule has 1 saturated carbocycles. The average Bonchev–Trinajstić information content (AvgIpc) is 3.14. The van der Waals surface area contributed by atoms with Crippen LogP contribution >= 0.6 is 22.6 Å². The molecule has 1 aromatic heterocycles. The summed E-state index contributed by atoms with van der Waals surface area (Å²) >= 11 is 2.19. The molecular weight excluding hydrogens is 315 g/mol. The van der Waals surface area contributed by atoms with Crippen LogP contribution in [0.2, 0.25) is 0 Å². The summed E-state index contributed by atoms with van der Waals surface area (Å²) in [5, 5.41) is 12.0. The minimum absolute atomic E-state index is 0.662. The Labute approximate surface area is 109 Å². The summed E-state index contributed by atoms with van der Waals surface area (Å²) in [7, 11) is 0. The number of anilines is 1. The Bertz CT molecular complexity index is 363. The van der Waals surface area contributed by atoms with E-state index in [1.807, 2.05) is 6.07 Å². The summed E-state index contributed by atoms with van der Waals surface area (Å²) in [6.45, 7) is 3.19. The molecule has 3 rings (SSSR count). The van der Waals surface area contributed by atoms with Gasteiger partial charge in [0.15, 0.2) is 5.82 Å². The Kier molecular flexibility index (Phi) is 2.97. The Morgan fingerprint density at radius 2 is 2.19 bits per heavy atom. The molecule has 1 aliphatic carbocycles. The summed E-state index contributed by atoms with van der Waals surface area (Å²) in [5.74, 6) is 1.92. The molecule has 86 valence electrons. The fourth-order valence-electron chi connectivity index (χ4n) is 2.28. The third-order valence-electron chi connectivity index (χ3n) is 3.34. The van der Waals surface area contributed by atoms with Crippen molar-refractivity contribution in [2.75, 3.05) is 24.5 Å². The molecule has 0 radical (unpaired) electrons. The minimum Gasteiger partial charge on any atom is -0.352 e. The van der Waals surface area contributed by atoms with Crippen LogP contribution in [0.15, 0.2) is 12.1 Å². The first kappa shape index (κ1) is 10.7. The molecule has 0 unspecified atom stereocenters. The third-order valence-corrected chi connectivity index (χ3v) is 3.91. The van der Waals surface area contributed by atoms with Crippen LogP contribution in [-0.2, 0) is 0 Å². The fraction of sp³-hybridized carbons (Fsp3) is 0.636. The number of piperazine rings is 1. The van der Waals surface area contributed by atoms with Gasteiger partial charge in [-0.05, 0) is 53.5 Å². The van der Waals surface area contributed by atoms with Crippen molar-refractivity contribution < 1.29 is 0 Å². The van der Waals surface area contributed by atoms with Gasteiger partial charge in [-0.15, -0.1) is 10.2 Å².